The molecule has 1 aromatic carbocycles. The molecule has 0 saturated carbocycles. The molecule has 0 atom stereocenters. The second-order valence-electron chi connectivity index (χ2n) is 2.98. The van der Waals surface area contributed by atoms with Crippen molar-refractivity contribution in [1.82, 2.24) is 9.78 Å². The summed E-state index contributed by atoms with van der Waals surface area (Å²) in [6, 6.07) is 9.53. The Bertz CT molecular complexity index is 487. The van der Waals surface area contributed by atoms with Gasteiger partial charge in [0.2, 0.25) is 0 Å². The fourth-order valence-electron chi connectivity index (χ4n) is 1.23. The summed E-state index contributed by atoms with van der Waals surface area (Å²) in [6.07, 6.45) is -0.0177. The molecule has 0 fully saturated rings. The molecule has 2 rings (SSSR count). The van der Waals surface area contributed by atoms with E-state index >= 15 is 0 Å². The zero-order chi connectivity index (χ0) is 10.7. The molecule has 5 nitrogen and oxygen atoms in total. The van der Waals surface area contributed by atoms with Gasteiger partial charge < -0.3 is 9.15 Å². The Hall–Kier alpha value is -2.04. The Morgan fingerprint density at radius 3 is 2.73 bits per heavy atom. The molecule has 0 radical (unpaired) electrons. The van der Waals surface area contributed by atoms with Crippen molar-refractivity contribution in [2.75, 3.05) is 7.11 Å². The van der Waals surface area contributed by atoms with Crippen LogP contribution >= 0.6 is 0 Å². The third-order valence-electron chi connectivity index (χ3n) is 1.94. The van der Waals surface area contributed by atoms with E-state index < -0.39 is 5.76 Å². The third-order valence-corrected chi connectivity index (χ3v) is 1.94. The molecular formula is C10H10N2O3. The summed E-state index contributed by atoms with van der Waals surface area (Å²) in [7, 11) is 1.40. The molecule has 0 saturated heterocycles. The highest BCUT2D eigenvalue weighted by molar-refractivity contribution is 5.14. The first-order valence-electron chi connectivity index (χ1n) is 4.45. The van der Waals surface area contributed by atoms with Crippen LogP contribution < -0.4 is 10.5 Å². The first-order chi connectivity index (χ1) is 7.29. The van der Waals surface area contributed by atoms with Crippen LogP contribution in [0.3, 0.4) is 0 Å². The fraction of sp³-hybridized carbons (Fsp3) is 0.200. The van der Waals surface area contributed by atoms with Gasteiger partial charge in [-0.2, -0.15) is 4.68 Å². The van der Waals surface area contributed by atoms with Gasteiger partial charge in [0.25, 0.3) is 0 Å². The summed E-state index contributed by atoms with van der Waals surface area (Å²) in [5.41, 5.74) is 0.982. The molecule has 0 N–H and O–H groups in total. The van der Waals surface area contributed by atoms with Crippen LogP contribution in [0.5, 0.6) is 6.08 Å². The van der Waals surface area contributed by atoms with Crippen LogP contribution in [-0.4, -0.2) is 16.9 Å². The van der Waals surface area contributed by atoms with E-state index in [4.69, 9.17) is 9.15 Å². The highest BCUT2D eigenvalue weighted by Gasteiger charge is 2.07. The van der Waals surface area contributed by atoms with Crippen LogP contribution in [0.4, 0.5) is 0 Å². The lowest BCUT2D eigenvalue weighted by atomic mass is 10.2. The molecule has 2 aromatic rings. The Morgan fingerprint density at radius 1 is 1.40 bits per heavy atom. The van der Waals surface area contributed by atoms with Gasteiger partial charge in [-0.15, -0.1) is 0 Å². The molecule has 0 aliphatic rings. The SMILES string of the molecule is COc1nn(Cc2ccccc2)c(=O)o1. The largest absolute Gasteiger partial charge is 0.452 e. The molecule has 1 aromatic heterocycles. The van der Waals surface area contributed by atoms with Gasteiger partial charge in [-0.05, 0) is 5.56 Å². The van der Waals surface area contributed by atoms with Crippen molar-refractivity contribution in [3.05, 3.63) is 46.4 Å². The zero-order valence-corrected chi connectivity index (χ0v) is 8.21. The van der Waals surface area contributed by atoms with Gasteiger partial charge >= 0.3 is 11.8 Å². The number of methoxy groups -OCH3 is 1. The molecular weight excluding hydrogens is 196 g/mol. The van der Waals surface area contributed by atoms with Crippen LogP contribution in [0.15, 0.2) is 39.5 Å². The normalized spacial score (nSPS) is 10.2. The van der Waals surface area contributed by atoms with Crippen LogP contribution in [0.1, 0.15) is 5.56 Å². The molecule has 0 bridgehead atoms. The number of rotatable bonds is 3. The Balaban J connectivity index is 2.25. The van der Waals surface area contributed by atoms with E-state index in [-0.39, 0.29) is 6.08 Å². The predicted molar refractivity (Wildman–Crippen MR) is 52.9 cm³/mol. The minimum Gasteiger partial charge on any atom is -0.452 e. The highest BCUT2D eigenvalue weighted by atomic mass is 16.6. The molecule has 0 amide bonds. The number of benzene rings is 1. The van der Waals surface area contributed by atoms with Gasteiger partial charge in [-0.3, -0.25) is 0 Å². The number of ether oxygens (including phenoxy) is 1. The van der Waals surface area contributed by atoms with Crippen molar-refractivity contribution in [3.63, 3.8) is 0 Å². The van der Waals surface area contributed by atoms with Crippen molar-refractivity contribution in [2.45, 2.75) is 6.54 Å². The van der Waals surface area contributed by atoms with E-state index in [1.807, 2.05) is 30.3 Å². The van der Waals surface area contributed by atoms with Crippen molar-refractivity contribution in [3.8, 4) is 6.08 Å². The first kappa shape index (κ1) is 9.51. The molecule has 0 unspecified atom stereocenters. The topological polar surface area (TPSA) is 57.3 Å². The van der Waals surface area contributed by atoms with E-state index in [0.717, 1.165) is 5.56 Å². The van der Waals surface area contributed by atoms with Gasteiger partial charge in [0.15, 0.2) is 0 Å². The van der Waals surface area contributed by atoms with Gasteiger partial charge in [-0.1, -0.05) is 35.4 Å². The maximum absolute atomic E-state index is 11.3. The average molecular weight is 206 g/mol. The van der Waals surface area contributed by atoms with Crippen molar-refractivity contribution >= 4 is 0 Å². The number of aromatic nitrogens is 2. The Labute approximate surface area is 85.9 Å². The highest BCUT2D eigenvalue weighted by Crippen LogP contribution is 2.03. The van der Waals surface area contributed by atoms with Gasteiger partial charge in [-0.25, -0.2) is 4.79 Å². The van der Waals surface area contributed by atoms with Crippen molar-refractivity contribution < 1.29 is 9.15 Å². The second kappa shape index (κ2) is 4.00. The van der Waals surface area contributed by atoms with E-state index in [9.17, 15) is 4.79 Å². The summed E-state index contributed by atoms with van der Waals surface area (Å²) in [5.74, 6) is -0.518. The number of hydrogen-bond donors (Lipinski definition) is 0. The van der Waals surface area contributed by atoms with Crippen molar-refractivity contribution in [1.29, 1.82) is 0 Å². The van der Waals surface area contributed by atoms with E-state index in [1.54, 1.807) is 0 Å². The molecule has 15 heavy (non-hydrogen) atoms. The monoisotopic (exact) mass is 206 g/mol. The minimum atomic E-state index is -0.518. The molecule has 1 heterocycles. The summed E-state index contributed by atoms with van der Waals surface area (Å²) in [5, 5.41) is 3.84. The van der Waals surface area contributed by atoms with E-state index in [0.29, 0.717) is 6.54 Å². The van der Waals surface area contributed by atoms with Crippen LogP contribution in [0.25, 0.3) is 0 Å². The maximum Gasteiger partial charge on any atom is 0.439 e. The molecule has 5 heteroatoms. The van der Waals surface area contributed by atoms with Crippen LogP contribution in [-0.2, 0) is 6.54 Å². The molecule has 78 valence electrons. The lowest BCUT2D eigenvalue weighted by Gasteiger charge is -1.97. The standard InChI is InChI=1S/C10H10N2O3/c1-14-9-11-12(10(13)15-9)7-8-5-3-2-4-6-8/h2-6H,7H2,1H3. The predicted octanol–water partition coefficient (Wildman–Crippen LogP) is 0.893. The summed E-state index contributed by atoms with van der Waals surface area (Å²) < 4.78 is 10.6. The summed E-state index contributed by atoms with van der Waals surface area (Å²) in [6.45, 7) is 0.381. The fourth-order valence-corrected chi connectivity index (χ4v) is 1.23. The number of nitrogens with zero attached hydrogens (tertiary/aromatic N) is 2. The molecule has 0 aliphatic heterocycles. The molecule has 0 spiro atoms. The Morgan fingerprint density at radius 2 is 2.13 bits per heavy atom. The second-order valence-corrected chi connectivity index (χ2v) is 2.98. The summed E-state index contributed by atoms with van der Waals surface area (Å²) >= 11 is 0. The lowest BCUT2D eigenvalue weighted by molar-refractivity contribution is 0.282. The quantitative estimate of drug-likeness (QED) is 0.748. The lowest BCUT2D eigenvalue weighted by Crippen LogP contribution is -2.16. The van der Waals surface area contributed by atoms with Gasteiger partial charge in [0, 0.05) is 0 Å². The maximum atomic E-state index is 11.3. The van der Waals surface area contributed by atoms with Crippen LogP contribution in [0.2, 0.25) is 0 Å². The number of hydrogen-bond acceptors (Lipinski definition) is 4. The van der Waals surface area contributed by atoms with Crippen molar-refractivity contribution in [2.24, 2.45) is 0 Å². The smallest absolute Gasteiger partial charge is 0.439 e. The third kappa shape index (κ3) is 2.07. The minimum absolute atomic E-state index is 0.0177. The Kier molecular flexibility index (Phi) is 2.53. The van der Waals surface area contributed by atoms with E-state index in [2.05, 4.69) is 5.10 Å². The van der Waals surface area contributed by atoms with Crippen LogP contribution in [0, 0.1) is 0 Å². The molecule has 0 aliphatic carbocycles. The zero-order valence-electron chi connectivity index (χ0n) is 8.21. The summed E-state index contributed by atoms with van der Waals surface area (Å²) in [4.78, 5) is 11.3. The van der Waals surface area contributed by atoms with Gasteiger partial charge in [0.1, 0.15) is 0 Å². The first-order valence-corrected chi connectivity index (χ1v) is 4.45. The van der Waals surface area contributed by atoms with Gasteiger partial charge in [0.05, 0.1) is 13.7 Å². The average Bonchev–Trinajstić information content (AvgIpc) is 2.61. The van der Waals surface area contributed by atoms with E-state index in [1.165, 1.54) is 11.8 Å².